The zero-order valence-electron chi connectivity index (χ0n) is 17.5. The maximum Gasteiger partial charge on any atom is 0.234 e. The number of halogens is 1. The molecule has 1 atom stereocenters. The molecule has 2 aromatic carbocycles. The lowest BCUT2D eigenvalue weighted by molar-refractivity contribution is -0.113. The van der Waals surface area contributed by atoms with Gasteiger partial charge in [-0.05, 0) is 61.7 Å². The molecule has 0 fully saturated rings. The normalized spacial score (nSPS) is 11.9. The van der Waals surface area contributed by atoms with E-state index in [1.54, 1.807) is 0 Å². The molecule has 0 aliphatic carbocycles. The van der Waals surface area contributed by atoms with Crippen LogP contribution in [0.15, 0.2) is 52.1 Å². The van der Waals surface area contributed by atoms with E-state index in [0.29, 0.717) is 11.0 Å². The maximum atomic E-state index is 12.3. The molecule has 0 spiro atoms. The van der Waals surface area contributed by atoms with Gasteiger partial charge in [-0.25, -0.2) is 0 Å². The minimum absolute atomic E-state index is 0.0911. The van der Waals surface area contributed by atoms with Gasteiger partial charge >= 0.3 is 0 Å². The number of hydrogen-bond acceptors (Lipinski definition) is 5. The van der Waals surface area contributed by atoms with Crippen LogP contribution < -0.4 is 10.1 Å². The first-order valence-corrected chi connectivity index (χ1v) is 11.5. The van der Waals surface area contributed by atoms with Crippen molar-refractivity contribution in [2.75, 3.05) is 11.1 Å². The van der Waals surface area contributed by atoms with Crippen molar-refractivity contribution in [2.24, 2.45) is 7.05 Å². The fourth-order valence-corrected chi connectivity index (χ4v) is 3.88. The van der Waals surface area contributed by atoms with Gasteiger partial charge in [0.2, 0.25) is 5.91 Å². The van der Waals surface area contributed by atoms with Gasteiger partial charge in [-0.15, -0.1) is 10.2 Å². The number of benzene rings is 2. The number of nitrogens with zero attached hydrogens (tertiary/aromatic N) is 3. The molecule has 0 aliphatic heterocycles. The van der Waals surface area contributed by atoms with Crippen LogP contribution in [-0.4, -0.2) is 26.4 Å². The molecule has 0 radical (unpaired) electrons. The summed E-state index contributed by atoms with van der Waals surface area (Å²) < 4.78 is 8.88. The number of ether oxygens (including phenoxy) is 1. The van der Waals surface area contributed by atoms with Crippen LogP contribution in [0.3, 0.4) is 0 Å². The molecule has 30 heavy (non-hydrogen) atoms. The summed E-state index contributed by atoms with van der Waals surface area (Å²) >= 11 is 4.80. The number of hydrogen-bond donors (Lipinski definition) is 1. The molecule has 0 saturated heterocycles. The molecule has 1 N–H and O–H groups in total. The van der Waals surface area contributed by atoms with E-state index in [-0.39, 0.29) is 17.8 Å². The Morgan fingerprint density at radius 1 is 1.23 bits per heavy atom. The molecule has 6 nitrogen and oxygen atoms in total. The monoisotopic (exact) mass is 488 g/mol. The highest BCUT2D eigenvalue weighted by atomic mass is 79.9. The molecule has 1 heterocycles. The fraction of sp³-hybridized carbons (Fsp3) is 0.318. The lowest BCUT2D eigenvalue weighted by Crippen LogP contribution is -2.15. The van der Waals surface area contributed by atoms with Crippen molar-refractivity contribution < 1.29 is 9.53 Å². The van der Waals surface area contributed by atoms with Crippen LogP contribution in [-0.2, 0) is 18.3 Å². The van der Waals surface area contributed by atoms with Gasteiger partial charge in [-0.1, -0.05) is 46.7 Å². The third-order valence-electron chi connectivity index (χ3n) is 4.65. The molecule has 3 rings (SSSR count). The second-order valence-corrected chi connectivity index (χ2v) is 8.76. The zero-order valence-corrected chi connectivity index (χ0v) is 19.9. The molecule has 0 aliphatic rings. The van der Waals surface area contributed by atoms with Crippen molar-refractivity contribution in [1.82, 2.24) is 14.8 Å². The van der Waals surface area contributed by atoms with Gasteiger partial charge in [0.15, 0.2) is 17.1 Å². The number of anilines is 1. The van der Waals surface area contributed by atoms with E-state index in [2.05, 4.69) is 50.5 Å². The summed E-state index contributed by atoms with van der Waals surface area (Å²) in [5.74, 6) is 1.66. The average Bonchev–Trinajstić information content (AvgIpc) is 3.10. The molecule has 1 aromatic heterocycles. The highest BCUT2D eigenvalue weighted by molar-refractivity contribution is 9.10. The number of aryl methyl sites for hydroxylation is 2. The third kappa shape index (κ3) is 5.64. The van der Waals surface area contributed by atoms with Crippen LogP contribution in [0.1, 0.15) is 36.9 Å². The molecule has 0 bridgehead atoms. The molecular formula is C22H25BrN4O2S. The predicted molar refractivity (Wildman–Crippen MR) is 124 cm³/mol. The van der Waals surface area contributed by atoms with Crippen LogP contribution >= 0.6 is 27.7 Å². The Bertz CT molecular complexity index is 1020. The second kappa shape index (κ2) is 10.1. The van der Waals surface area contributed by atoms with Gasteiger partial charge in [-0.3, -0.25) is 4.79 Å². The molecule has 158 valence electrons. The molecule has 3 aromatic rings. The summed E-state index contributed by atoms with van der Waals surface area (Å²) in [5, 5.41) is 12.1. The van der Waals surface area contributed by atoms with E-state index < -0.39 is 0 Å². The quantitative estimate of drug-likeness (QED) is 0.434. The van der Waals surface area contributed by atoms with Gasteiger partial charge in [0.25, 0.3) is 0 Å². The van der Waals surface area contributed by atoms with E-state index >= 15 is 0 Å². The molecule has 0 saturated carbocycles. The van der Waals surface area contributed by atoms with E-state index in [9.17, 15) is 4.79 Å². The maximum absolute atomic E-state index is 12.3. The Hall–Kier alpha value is -2.32. The van der Waals surface area contributed by atoms with Crippen LogP contribution in [0, 0.1) is 6.92 Å². The first kappa shape index (κ1) is 22.4. The van der Waals surface area contributed by atoms with E-state index in [4.69, 9.17) is 4.74 Å². The second-order valence-electron chi connectivity index (χ2n) is 6.96. The van der Waals surface area contributed by atoms with E-state index in [1.165, 1.54) is 17.3 Å². The van der Waals surface area contributed by atoms with Gasteiger partial charge in [0.05, 0.1) is 5.75 Å². The number of carbonyl (C=O) groups is 1. The summed E-state index contributed by atoms with van der Waals surface area (Å²) in [6.07, 6.45) is 0.734. The smallest absolute Gasteiger partial charge is 0.234 e. The topological polar surface area (TPSA) is 69.0 Å². The number of nitrogens with one attached hydrogen (secondary N) is 1. The first-order chi connectivity index (χ1) is 14.4. The summed E-state index contributed by atoms with van der Waals surface area (Å²) in [4.78, 5) is 12.3. The zero-order chi connectivity index (χ0) is 21.7. The Balaban J connectivity index is 1.57. The van der Waals surface area contributed by atoms with Crippen molar-refractivity contribution in [1.29, 1.82) is 0 Å². The van der Waals surface area contributed by atoms with Gasteiger partial charge in [0, 0.05) is 17.2 Å². The lowest BCUT2D eigenvalue weighted by atomic mass is 10.2. The summed E-state index contributed by atoms with van der Waals surface area (Å²) in [5.41, 5.74) is 3.11. The van der Waals surface area contributed by atoms with Gasteiger partial charge in [-0.2, -0.15) is 0 Å². The van der Waals surface area contributed by atoms with Crippen LogP contribution in [0.5, 0.6) is 5.75 Å². The lowest BCUT2D eigenvalue weighted by Gasteiger charge is -2.14. The average molecular weight is 489 g/mol. The first-order valence-electron chi connectivity index (χ1n) is 9.71. The number of rotatable bonds is 8. The van der Waals surface area contributed by atoms with Crippen molar-refractivity contribution in [2.45, 2.75) is 38.5 Å². The minimum atomic E-state index is -0.260. The Kier molecular flexibility index (Phi) is 7.55. The van der Waals surface area contributed by atoms with Crippen molar-refractivity contribution in [3.8, 4) is 5.75 Å². The predicted octanol–water partition coefficient (Wildman–Crippen LogP) is 5.32. The van der Waals surface area contributed by atoms with Gasteiger partial charge in [0.1, 0.15) is 5.75 Å². The van der Waals surface area contributed by atoms with Gasteiger partial charge < -0.3 is 14.6 Å². The fourth-order valence-electron chi connectivity index (χ4n) is 2.92. The van der Waals surface area contributed by atoms with Crippen LogP contribution in [0.2, 0.25) is 0 Å². The van der Waals surface area contributed by atoms with E-state index in [1.807, 2.05) is 55.8 Å². The van der Waals surface area contributed by atoms with Crippen LogP contribution in [0.25, 0.3) is 0 Å². The minimum Gasteiger partial charge on any atom is -0.483 e. The molecule has 1 amide bonds. The molecular weight excluding hydrogens is 464 g/mol. The van der Waals surface area contributed by atoms with E-state index in [0.717, 1.165) is 27.9 Å². The SMILES string of the molecule is CCc1ccc(O[C@H](C)c2nnc(SCC(=O)Nc3ccc(Br)c(C)c3)n2C)cc1. The number of aromatic nitrogens is 3. The van der Waals surface area contributed by atoms with Crippen molar-refractivity contribution in [3.63, 3.8) is 0 Å². The molecule has 0 unspecified atom stereocenters. The number of amides is 1. The summed E-state index contributed by atoms with van der Waals surface area (Å²) in [6.45, 7) is 6.04. The highest BCUT2D eigenvalue weighted by Crippen LogP contribution is 2.24. The van der Waals surface area contributed by atoms with Crippen molar-refractivity contribution >= 4 is 39.3 Å². The standard InChI is InChI=1S/C22H25BrN4O2S/c1-5-16-6-9-18(10-7-16)29-15(3)21-25-26-22(27(21)4)30-13-20(28)24-17-8-11-19(23)14(2)12-17/h6-12,15H,5,13H2,1-4H3,(H,24,28)/t15-/m1/s1. The molecule has 8 heteroatoms. The summed E-state index contributed by atoms with van der Waals surface area (Å²) in [7, 11) is 1.88. The van der Waals surface area contributed by atoms with Crippen LogP contribution in [0.4, 0.5) is 5.69 Å². The Morgan fingerprint density at radius 3 is 2.63 bits per heavy atom. The third-order valence-corrected chi connectivity index (χ3v) is 6.56. The number of thioether (sulfide) groups is 1. The largest absolute Gasteiger partial charge is 0.483 e. The summed E-state index contributed by atoms with van der Waals surface area (Å²) in [6, 6.07) is 13.8. The highest BCUT2D eigenvalue weighted by Gasteiger charge is 2.18. The van der Waals surface area contributed by atoms with Crippen molar-refractivity contribution in [3.05, 3.63) is 63.9 Å². The Morgan fingerprint density at radius 2 is 1.97 bits per heavy atom. The Labute approximate surface area is 189 Å². The number of carbonyl (C=O) groups excluding carboxylic acids is 1.